The second-order valence-electron chi connectivity index (χ2n) is 9.55. The zero-order valence-electron chi connectivity index (χ0n) is 18.8. The summed E-state index contributed by atoms with van der Waals surface area (Å²) < 4.78 is 0. The van der Waals surface area contributed by atoms with Crippen LogP contribution in [0.1, 0.15) is 46.2 Å². The molecule has 0 nitrogen and oxygen atoms in total. The highest BCUT2D eigenvalue weighted by atomic mass is 28.3. The number of allylic oxidation sites excluding steroid dienone is 2. The topological polar surface area (TPSA) is 0 Å². The van der Waals surface area contributed by atoms with Crippen LogP contribution in [0.5, 0.6) is 0 Å². The van der Waals surface area contributed by atoms with Crippen LogP contribution in [0.15, 0.2) is 108 Å². The van der Waals surface area contributed by atoms with Crippen molar-refractivity contribution in [2.45, 2.75) is 25.3 Å². The Balaban J connectivity index is 1.38. The van der Waals surface area contributed by atoms with Crippen molar-refractivity contribution < 1.29 is 0 Å². The van der Waals surface area contributed by atoms with Gasteiger partial charge in [0.15, 0.2) is 0 Å². The van der Waals surface area contributed by atoms with Gasteiger partial charge in [0.2, 0.25) is 0 Å². The van der Waals surface area contributed by atoms with Crippen LogP contribution in [0.2, 0.25) is 0 Å². The first-order valence-electron chi connectivity index (χ1n) is 11.9. The Morgan fingerprint density at radius 1 is 0.727 bits per heavy atom. The largest absolute Gasteiger partial charge is 0.121 e. The summed E-state index contributed by atoms with van der Waals surface area (Å²) >= 11 is 0. The summed E-state index contributed by atoms with van der Waals surface area (Å²) in [5.74, 6) is 0.343. The molecule has 0 bridgehead atoms. The molecule has 2 aliphatic carbocycles. The number of hydrogen-bond donors (Lipinski definition) is 0. The van der Waals surface area contributed by atoms with Crippen molar-refractivity contribution >= 4 is 20.1 Å². The predicted octanol–water partition coefficient (Wildman–Crippen LogP) is 7.58. The molecule has 1 atom stereocenters. The van der Waals surface area contributed by atoms with Crippen molar-refractivity contribution in [2.24, 2.45) is 0 Å². The fourth-order valence-electron chi connectivity index (χ4n) is 6.10. The van der Waals surface area contributed by atoms with E-state index in [0.717, 1.165) is 0 Å². The standard InChI is InChI=1S/C32H25Si/c1-21-18-24-14-8-9-15-26(24)29(21)27-17-16-25-19-28-32(33(28)20-22-10-4-2-5-11-22)31(25)30(27)23-12-6-3-7-13-23/h2-18,29H,19-20H2,1H3. The minimum Gasteiger partial charge on any atom is -0.0723 e. The third-order valence-corrected chi connectivity index (χ3v) is 10.4. The second kappa shape index (κ2) is 7.30. The van der Waals surface area contributed by atoms with E-state index in [2.05, 4.69) is 110 Å². The fraction of sp³-hybridized carbons (Fsp3) is 0.125. The molecule has 7 rings (SSSR count). The Morgan fingerprint density at radius 2 is 1.45 bits per heavy atom. The van der Waals surface area contributed by atoms with E-state index >= 15 is 0 Å². The van der Waals surface area contributed by atoms with Crippen molar-refractivity contribution in [3.8, 4) is 11.1 Å². The Hall–Kier alpha value is -3.42. The first-order chi connectivity index (χ1) is 16.3. The van der Waals surface area contributed by atoms with Gasteiger partial charge in [-0.2, -0.15) is 0 Å². The van der Waals surface area contributed by atoms with E-state index in [-0.39, 0.29) is 0 Å². The number of rotatable bonds is 4. The monoisotopic (exact) mass is 437 g/mol. The van der Waals surface area contributed by atoms with Gasteiger partial charge in [-0.05, 0) is 58.3 Å². The maximum Gasteiger partial charge on any atom is 0.121 e. The summed E-state index contributed by atoms with van der Waals surface area (Å²) in [5.41, 5.74) is 13.2. The maximum absolute atomic E-state index is 2.43. The molecule has 3 aliphatic rings. The minimum absolute atomic E-state index is 0.343. The lowest BCUT2D eigenvalue weighted by atomic mass is 9.81. The maximum atomic E-state index is 2.43. The van der Waals surface area contributed by atoms with Crippen molar-refractivity contribution in [3.63, 3.8) is 0 Å². The Bertz CT molecular complexity index is 1460. The van der Waals surface area contributed by atoms with Gasteiger partial charge in [0.25, 0.3) is 0 Å². The van der Waals surface area contributed by atoms with E-state index in [0.29, 0.717) is 5.92 Å². The van der Waals surface area contributed by atoms with Crippen LogP contribution in [0.3, 0.4) is 0 Å². The quantitative estimate of drug-likeness (QED) is 0.289. The van der Waals surface area contributed by atoms with Gasteiger partial charge in [0.1, 0.15) is 8.80 Å². The van der Waals surface area contributed by atoms with Crippen molar-refractivity contribution in [1.82, 2.24) is 0 Å². The first kappa shape index (κ1) is 19.1. The predicted molar refractivity (Wildman–Crippen MR) is 140 cm³/mol. The lowest BCUT2D eigenvalue weighted by Crippen LogP contribution is -2.12. The third kappa shape index (κ3) is 2.96. The number of fused-ring (bicyclic) bond motifs is 3. The van der Waals surface area contributed by atoms with Crippen molar-refractivity contribution in [3.05, 3.63) is 141 Å². The molecule has 0 spiro atoms. The molecule has 1 unspecified atom stereocenters. The van der Waals surface area contributed by atoms with Gasteiger partial charge in [-0.25, -0.2) is 0 Å². The van der Waals surface area contributed by atoms with Gasteiger partial charge in [-0.15, -0.1) is 0 Å². The smallest absolute Gasteiger partial charge is 0.0723 e. The summed E-state index contributed by atoms with van der Waals surface area (Å²) in [7, 11) is -0.552. The molecule has 0 aromatic heterocycles. The highest BCUT2D eigenvalue weighted by molar-refractivity contribution is 6.99. The normalized spacial score (nSPS) is 18.1. The van der Waals surface area contributed by atoms with E-state index in [4.69, 9.17) is 0 Å². The Morgan fingerprint density at radius 3 is 2.27 bits per heavy atom. The number of benzene rings is 4. The SMILES string of the molecule is CC1=Cc2ccccc2C1c1ccc2c(c1-c1ccccc1)C1=C(C2)[Si]1Cc1ccccc1. The van der Waals surface area contributed by atoms with E-state index in [9.17, 15) is 0 Å². The zero-order valence-corrected chi connectivity index (χ0v) is 19.8. The molecule has 4 aromatic carbocycles. The molecule has 1 heterocycles. The van der Waals surface area contributed by atoms with Crippen LogP contribution in [-0.4, -0.2) is 8.80 Å². The lowest BCUT2D eigenvalue weighted by molar-refractivity contribution is 0.976. The molecule has 0 N–H and O–H groups in total. The van der Waals surface area contributed by atoms with Gasteiger partial charge >= 0.3 is 0 Å². The number of hydrogen-bond acceptors (Lipinski definition) is 0. The van der Waals surface area contributed by atoms with E-state index in [1.165, 1.54) is 57.0 Å². The van der Waals surface area contributed by atoms with Crippen LogP contribution in [0.25, 0.3) is 22.4 Å². The molecule has 0 amide bonds. The molecule has 0 saturated carbocycles. The van der Waals surface area contributed by atoms with Gasteiger partial charge in [0.05, 0.1) is 0 Å². The van der Waals surface area contributed by atoms with Gasteiger partial charge in [0, 0.05) is 5.92 Å². The minimum atomic E-state index is -0.552. The molecule has 33 heavy (non-hydrogen) atoms. The summed E-state index contributed by atoms with van der Waals surface area (Å²) in [4.78, 5) is 0. The molecule has 0 saturated heterocycles. The summed E-state index contributed by atoms with van der Waals surface area (Å²) in [6.07, 6.45) is 3.55. The van der Waals surface area contributed by atoms with E-state index in [1.807, 2.05) is 0 Å². The summed E-state index contributed by atoms with van der Waals surface area (Å²) in [6, 6.07) is 37.2. The van der Waals surface area contributed by atoms with Gasteiger partial charge < -0.3 is 0 Å². The highest BCUT2D eigenvalue weighted by Crippen LogP contribution is 2.55. The summed E-state index contributed by atoms with van der Waals surface area (Å²) in [6.45, 7) is 2.30. The van der Waals surface area contributed by atoms with E-state index in [1.54, 1.807) is 16.0 Å². The lowest BCUT2D eigenvalue weighted by Gasteiger charge is -2.24. The average Bonchev–Trinajstić information content (AvgIpc) is 3.20. The van der Waals surface area contributed by atoms with Crippen LogP contribution in [0, 0.1) is 0 Å². The Kier molecular flexibility index (Phi) is 4.22. The van der Waals surface area contributed by atoms with E-state index < -0.39 is 8.80 Å². The highest BCUT2D eigenvalue weighted by Gasteiger charge is 2.46. The molecule has 157 valence electrons. The van der Waals surface area contributed by atoms with Crippen LogP contribution in [0.4, 0.5) is 0 Å². The first-order valence-corrected chi connectivity index (χ1v) is 13.6. The zero-order chi connectivity index (χ0) is 21.9. The van der Waals surface area contributed by atoms with Crippen molar-refractivity contribution in [2.75, 3.05) is 0 Å². The second-order valence-corrected chi connectivity index (χ2v) is 12.0. The molecule has 1 radical (unpaired) electrons. The molecular weight excluding hydrogens is 412 g/mol. The third-order valence-electron chi connectivity index (χ3n) is 7.59. The Labute approximate surface area is 197 Å². The summed E-state index contributed by atoms with van der Waals surface area (Å²) in [5, 5.41) is 3.50. The van der Waals surface area contributed by atoms with Crippen LogP contribution < -0.4 is 0 Å². The molecular formula is C32H25Si. The molecule has 4 aromatic rings. The van der Waals surface area contributed by atoms with Crippen LogP contribution in [-0.2, 0) is 12.5 Å². The molecule has 1 heteroatoms. The molecule has 1 aliphatic heterocycles. The van der Waals surface area contributed by atoms with Crippen LogP contribution >= 0.6 is 0 Å². The fourth-order valence-corrected chi connectivity index (χ4v) is 9.14. The van der Waals surface area contributed by atoms with Gasteiger partial charge in [-0.1, -0.05) is 125 Å². The van der Waals surface area contributed by atoms with Crippen molar-refractivity contribution in [1.29, 1.82) is 0 Å². The average molecular weight is 438 g/mol. The van der Waals surface area contributed by atoms with Gasteiger partial charge in [-0.3, -0.25) is 0 Å². The molecule has 0 fully saturated rings.